The van der Waals surface area contributed by atoms with Crippen molar-refractivity contribution >= 4 is 29.2 Å². The number of aliphatic hydroxyl groups excluding tert-OH is 3. The molecule has 5 bridgehead atoms. The lowest BCUT2D eigenvalue weighted by Crippen LogP contribution is -2.46. The highest BCUT2D eigenvalue weighted by Crippen LogP contribution is 2.48. The van der Waals surface area contributed by atoms with Crippen LogP contribution in [-0.4, -0.2) is 93.6 Å². The number of fused-ring (bicyclic) bond motifs is 14. The van der Waals surface area contributed by atoms with E-state index in [2.05, 4.69) is 5.32 Å². The summed E-state index contributed by atoms with van der Waals surface area (Å²) in [6, 6.07) is 0. The van der Waals surface area contributed by atoms with Gasteiger partial charge in [-0.2, -0.15) is 0 Å². The molecule has 282 valence electrons. The molecule has 1 aliphatic carbocycles. The Bertz CT molecular complexity index is 1790. The molecule has 0 aromatic heterocycles. The Morgan fingerprint density at radius 3 is 2.19 bits per heavy atom. The number of aliphatic hydroxyl groups is 3. The highest BCUT2D eigenvalue weighted by Gasteiger charge is 2.52. The van der Waals surface area contributed by atoms with E-state index < -0.39 is 118 Å². The van der Waals surface area contributed by atoms with Crippen molar-refractivity contribution in [1.82, 2.24) is 5.32 Å². The number of phenolic OH excluding ortho intramolecular Hbond substituents is 1. The summed E-state index contributed by atoms with van der Waals surface area (Å²) in [5.74, 6) is -9.78. The maximum atomic E-state index is 14.0. The zero-order valence-corrected chi connectivity index (χ0v) is 30.7. The van der Waals surface area contributed by atoms with Gasteiger partial charge in [-0.1, -0.05) is 45.9 Å². The Morgan fingerprint density at radius 2 is 1.60 bits per heavy atom. The van der Waals surface area contributed by atoms with E-state index in [1.165, 1.54) is 53.0 Å². The van der Waals surface area contributed by atoms with E-state index in [1.807, 2.05) is 0 Å². The van der Waals surface area contributed by atoms with Crippen LogP contribution in [0.5, 0.6) is 11.5 Å². The molecule has 14 nitrogen and oxygen atoms in total. The van der Waals surface area contributed by atoms with Crippen LogP contribution in [-0.2, 0) is 23.8 Å². The third-order valence-electron chi connectivity index (χ3n) is 10.2. The molecular weight excluding hydrogens is 678 g/mol. The second-order valence-corrected chi connectivity index (χ2v) is 13.8. The minimum Gasteiger partial charge on any atom is -0.507 e. The Morgan fingerprint density at radius 1 is 0.942 bits per heavy atom. The number of benzene rings is 1. The highest BCUT2D eigenvalue weighted by molar-refractivity contribution is 6.32. The number of hydrogen-bond donors (Lipinski definition) is 5. The summed E-state index contributed by atoms with van der Waals surface area (Å²) in [6.45, 7) is 11.1. The van der Waals surface area contributed by atoms with Crippen molar-refractivity contribution < 1.29 is 63.3 Å². The number of rotatable bonds is 3. The first kappa shape index (κ1) is 40.1. The number of allylic oxidation sites excluding steroid dienone is 3. The molecule has 0 unspecified atom stereocenters. The average Bonchev–Trinajstić information content (AvgIpc) is 3.36. The van der Waals surface area contributed by atoms with E-state index in [0.29, 0.717) is 0 Å². The number of hydrogen-bond acceptors (Lipinski definition) is 13. The van der Waals surface area contributed by atoms with Crippen LogP contribution in [0.1, 0.15) is 85.1 Å². The molecule has 5 rings (SSSR count). The normalized spacial score (nSPS) is 33.8. The summed E-state index contributed by atoms with van der Waals surface area (Å²) >= 11 is 0. The largest absolute Gasteiger partial charge is 0.507 e. The van der Waals surface area contributed by atoms with Crippen LogP contribution in [0.3, 0.4) is 0 Å². The van der Waals surface area contributed by atoms with Gasteiger partial charge in [0.25, 0.3) is 11.7 Å². The number of Topliss-reactive ketones (excluding diaryl/α,β-unsaturated/α-hetero) is 3. The molecule has 0 saturated carbocycles. The van der Waals surface area contributed by atoms with Gasteiger partial charge in [0.2, 0.25) is 5.78 Å². The van der Waals surface area contributed by atoms with E-state index in [0.717, 1.165) is 6.26 Å². The molecule has 4 aliphatic rings. The van der Waals surface area contributed by atoms with Crippen LogP contribution in [0, 0.1) is 30.6 Å². The van der Waals surface area contributed by atoms with Gasteiger partial charge >= 0.3 is 11.8 Å². The first-order chi connectivity index (χ1) is 24.3. The minimum absolute atomic E-state index is 0.0462. The summed E-state index contributed by atoms with van der Waals surface area (Å²) < 4.78 is 23.1. The highest BCUT2D eigenvalue weighted by atomic mass is 16.7. The molecule has 52 heavy (non-hydrogen) atoms. The molecular formula is C38H47NO13. The molecule has 1 aromatic carbocycles. The van der Waals surface area contributed by atoms with Gasteiger partial charge in [0.15, 0.2) is 5.78 Å². The lowest BCUT2D eigenvalue weighted by Gasteiger charge is -2.38. The standard InChI is InChI=1S/C38H47NO13/c1-16-11-10-12-17(2)37(48)39-28-23(15-40)32(45)25-26(33(28)46)31(44)21(6)35-27(25)36(47)38(8,52-35)50-14-13-24(49-9)18(3)34(51-22(7)41)20(5)30(43)19(4)29(16)42/h10-14,16,18-20,24,29-30,34,40,42-44H,15H2,1-9H3,(H,39,48)/b11-10+,14-13+,17-12-/t16-,18+,19+,20+,24-,29-,30+,34+,38-/m0/s1. The number of methoxy groups -OCH3 is 1. The predicted molar refractivity (Wildman–Crippen MR) is 185 cm³/mol. The monoisotopic (exact) mass is 725 g/mol. The van der Waals surface area contributed by atoms with Crippen molar-refractivity contribution in [3.8, 4) is 11.5 Å². The van der Waals surface area contributed by atoms with Crippen molar-refractivity contribution in [2.75, 3.05) is 13.7 Å². The van der Waals surface area contributed by atoms with Crippen LogP contribution in [0.25, 0.3) is 0 Å². The zero-order chi connectivity index (χ0) is 39.0. The van der Waals surface area contributed by atoms with E-state index in [4.69, 9.17) is 18.9 Å². The van der Waals surface area contributed by atoms with Crippen LogP contribution in [0.2, 0.25) is 0 Å². The Labute approximate surface area is 301 Å². The Kier molecular flexibility index (Phi) is 12.0. The number of esters is 1. The number of ketones is 3. The molecule has 9 atom stereocenters. The van der Waals surface area contributed by atoms with E-state index in [9.17, 15) is 44.4 Å². The topological polar surface area (TPSA) is 215 Å². The van der Waals surface area contributed by atoms with Gasteiger partial charge in [0, 0.05) is 55.8 Å². The molecule has 0 radical (unpaired) electrons. The van der Waals surface area contributed by atoms with Gasteiger partial charge in [-0.05, 0) is 19.9 Å². The minimum atomic E-state index is -2.10. The average molecular weight is 726 g/mol. The maximum Gasteiger partial charge on any atom is 0.312 e. The molecule has 1 aromatic rings. The first-order valence-electron chi connectivity index (χ1n) is 17.0. The van der Waals surface area contributed by atoms with Gasteiger partial charge < -0.3 is 44.7 Å². The summed E-state index contributed by atoms with van der Waals surface area (Å²) in [6.07, 6.45) is 3.16. The Balaban J connectivity index is 1.88. The zero-order valence-electron chi connectivity index (χ0n) is 30.7. The quantitative estimate of drug-likeness (QED) is 0.284. The number of nitrogens with one attached hydrogen (secondary N) is 1. The molecule has 5 N–H and O–H groups in total. The third-order valence-corrected chi connectivity index (χ3v) is 10.2. The number of carbonyl (C=O) groups is 5. The molecule has 3 aliphatic heterocycles. The predicted octanol–water partition coefficient (Wildman–Crippen LogP) is 2.99. The van der Waals surface area contributed by atoms with Gasteiger partial charge in [-0.25, -0.2) is 0 Å². The SMILES string of the molecule is CO[C@H]1/C=C/O[C@@]2(C)Oc3c(C)c(O)c4c(c3C2=O)C(=O)C(CO)=C(NC(=O)/C(C)=C\C=C\[C@H](C)[C@H](O)[C@@H](C)[C@@H](O)[C@@H](C)[C@H](OC(C)=O)[C@@H]1C)C4=O. The van der Waals surface area contributed by atoms with Crippen LogP contribution < -0.4 is 10.1 Å². The van der Waals surface area contributed by atoms with Crippen molar-refractivity contribution in [2.45, 2.75) is 85.6 Å². The molecule has 3 heterocycles. The van der Waals surface area contributed by atoms with Crippen molar-refractivity contribution in [3.05, 3.63) is 69.7 Å². The maximum absolute atomic E-state index is 14.0. The van der Waals surface area contributed by atoms with Gasteiger partial charge in [0.05, 0.1) is 59.1 Å². The van der Waals surface area contributed by atoms with E-state index >= 15 is 0 Å². The summed E-state index contributed by atoms with van der Waals surface area (Å²) in [4.78, 5) is 67.3. The van der Waals surface area contributed by atoms with Crippen molar-refractivity contribution in [2.24, 2.45) is 23.7 Å². The van der Waals surface area contributed by atoms with Crippen LogP contribution >= 0.6 is 0 Å². The van der Waals surface area contributed by atoms with Crippen molar-refractivity contribution in [3.63, 3.8) is 0 Å². The van der Waals surface area contributed by atoms with E-state index in [-0.39, 0.29) is 22.4 Å². The van der Waals surface area contributed by atoms with Crippen molar-refractivity contribution in [1.29, 1.82) is 0 Å². The number of amides is 1. The van der Waals surface area contributed by atoms with Gasteiger partial charge in [-0.3, -0.25) is 24.0 Å². The summed E-state index contributed by atoms with van der Waals surface area (Å²) in [5, 5.41) is 46.4. The fourth-order valence-electron chi connectivity index (χ4n) is 6.91. The molecule has 0 saturated heterocycles. The molecule has 14 heteroatoms. The fraction of sp³-hybridized carbons (Fsp3) is 0.500. The Hall–Kier alpha value is -4.63. The lowest BCUT2D eigenvalue weighted by molar-refractivity contribution is -0.160. The summed E-state index contributed by atoms with van der Waals surface area (Å²) in [7, 11) is 1.40. The number of carbonyl (C=O) groups excluding carboxylic acids is 5. The van der Waals surface area contributed by atoms with Gasteiger partial charge in [0.1, 0.15) is 17.6 Å². The lowest BCUT2D eigenvalue weighted by atomic mass is 9.78. The second-order valence-electron chi connectivity index (χ2n) is 13.8. The van der Waals surface area contributed by atoms with Crippen LogP contribution in [0.4, 0.5) is 0 Å². The fourth-order valence-corrected chi connectivity index (χ4v) is 6.91. The number of aromatic hydroxyl groups is 1. The summed E-state index contributed by atoms with van der Waals surface area (Å²) in [5.41, 5.74) is -2.42. The molecule has 0 fully saturated rings. The van der Waals surface area contributed by atoms with Gasteiger partial charge in [-0.15, -0.1) is 0 Å². The number of phenols is 1. The smallest absolute Gasteiger partial charge is 0.312 e. The number of ether oxygens (including phenoxy) is 4. The molecule has 0 spiro atoms. The third kappa shape index (κ3) is 7.20. The molecule has 1 amide bonds. The van der Waals surface area contributed by atoms with Crippen LogP contribution in [0.15, 0.2) is 47.4 Å². The van der Waals surface area contributed by atoms with E-state index in [1.54, 1.807) is 33.8 Å². The second kappa shape index (κ2) is 15.5. The first-order valence-corrected chi connectivity index (χ1v) is 17.0.